The number of rotatable bonds is 7. The zero-order valence-electron chi connectivity index (χ0n) is 16.2. The third-order valence-corrected chi connectivity index (χ3v) is 6.47. The lowest BCUT2D eigenvalue weighted by Gasteiger charge is -2.26. The molecule has 0 bridgehead atoms. The molecule has 0 saturated heterocycles. The maximum Gasteiger partial charge on any atom is 0.264 e. The Morgan fingerprint density at radius 3 is 2.37 bits per heavy atom. The van der Waals surface area contributed by atoms with E-state index in [2.05, 4.69) is 5.32 Å². The highest BCUT2D eigenvalue weighted by atomic mass is 35.5. The van der Waals surface area contributed by atoms with E-state index in [-0.39, 0.29) is 17.3 Å². The molecule has 0 atom stereocenters. The van der Waals surface area contributed by atoms with Gasteiger partial charge in [0.15, 0.2) is 0 Å². The molecule has 30 heavy (non-hydrogen) atoms. The molecule has 0 fully saturated rings. The lowest BCUT2D eigenvalue weighted by Crippen LogP contribution is -2.41. The van der Waals surface area contributed by atoms with Crippen LogP contribution < -0.4 is 9.62 Å². The molecule has 0 aromatic heterocycles. The summed E-state index contributed by atoms with van der Waals surface area (Å²) in [5.74, 6) is -0.875. The Labute approximate surface area is 180 Å². The highest BCUT2D eigenvalue weighted by Crippen LogP contribution is 2.29. The fourth-order valence-electron chi connectivity index (χ4n) is 2.86. The van der Waals surface area contributed by atoms with E-state index >= 15 is 0 Å². The predicted octanol–water partition coefficient (Wildman–Crippen LogP) is 4.30. The molecule has 0 saturated carbocycles. The maximum absolute atomic E-state index is 13.3. The lowest BCUT2D eigenvalue weighted by molar-refractivity contribution is -0.119. The SMILES string of the molecule is Cc1ccc(Cl)cc1N(CC(=O)NCc1ccc(F)cc1)S(=O)(=O)c1ccccc1. The van der Waals surface area contributed by atoms with Gasteiger partial charge in [0.05, 0.1) is 10.6 Å². The van der Waals surface area contributed by atoms with Crippen LogP contribution in [0, 0.1) is 12.7 Å². The number of hydrogen-bond acceptors (Lipinski definition) is 3. The van der Waals surface area contributed by atoms with E-state index in [0.717, 1.165) is 4.31 Å². The van der Waals surface area contributed by atoms with Gasteiger partial charge in [-0.1, -0.05) is 48.0 Å². The van der Waals surface area contributed by atoms with Gasteiger partial charge in [-0.05, 0) is 54.4 Å². The van der Waals surface area contributed by atoms with Crippen molar-refractivity contribution < 1.29 is 17.6 Å². The Bertz CT molecular complexity index is 1140. The minimum absolute atomic E-state index is 0.0655. The van der Waals surface area contributed by atoms with Gasteiger partial charge in [-0.3, -0.25) is 9.10 Å². The van der Waals surface area contributed by atoms with Crippen LogP contribution in [0.25, 0.3) is 0 Å². The molecule has 0 aliphatic heterocycles. The van der Waals surface area contributed by atoms with Crippen LogP contribution in [0.2, 0.25) is 5.02 Å². The largest absolute Gasteiger partial charge is 0.350 e. The Morgan fingerprint density at radius 2 is 1.70 bits per heavy atom. The molecule has 1 N–H and O–H groups in total. The zero-order chi connectivity index (χ0) is 21.7. The number of nitrogens with zero attached hydrogens (tertiary/aromatic N) is 1. The van der Waals surface area contributed by atoms with Crippen LogP contribution >= 0.6 is 11.6 Å². The Morgan fingerprint density at radius 1 is 1.03 bits per heavy atom. The number of benzene rings is 3. The molecule has 0 unspecified atom stereocenters. The first-order valence-electron chi connectivity index (χ1n) is 9.12. The van der Waals surface area contributed by atoms with Gasteiger partial charge < -0.3 is 5.32 Å². The fraction of sp³-hybridized carbons (Fsp3) is 0.136. The summed E-state index contributed by atoms with van der Waals surface area (Å²) < 4.78 is 40.7. The lowest BCUT2D eigenvalue weighted by atomic mass is 10.2. The molecule has 0 radical (unpaired) electrons. The van der Waals surface area contributed by atoms with Crippen LogP contribution in [-0.2, 0) is 21.4 Å². The summed E-state index contributed by atoms with van der Waals surface area (Å²) in [6.45, 7) is 1.46. The van der Waals surface area contributed by atoms with Gasteiger partial charge in [0.2, 0.25) is 5.91 Å². The van der Waals surface area contributed by atoms with Gasteiger partial charge in [-0.25, -0.2) is 12.8 Å². The Kier molecular flexibility index (Phi) is 6.74. The molecule has 5 nitrogen and oxygen atoms in total. The number of sulfonamides is 1. The average molecular weight is 447 g/mol. The van der Waals surface area contributed by atoms with E-state index in [4.69, 9.17) is 11.6 Å². The van der Waals surface area contributed by atoms with Crippen molar-refractivity contribution in [1.29, 1.82) is 0 Å². The maximum atomic E-state index is 13.3. The molecule has 3 aromatic rings. The van der Waals surface area contributed by atoms with Gasteiger partial charge in [-0.2, -0.15) is 0 Å². The van der Waals surface area contributed by atoms with Crippen molar-refractivity contribution in [2.24, 2.45) is 0 Å². The second-order valence-electron chi connectivity index (χ2n) is 6.66. The number of carbonyl (C=O) groups is 1. The summed E-state index contributed by atoms with van der Waals surface area (Å²) in [4.78, 5) is 12.7. The molecular formula is C22H20ClFN2O3S. The van der Waals surface area contributed by atoms with Crippen LogP contribution in [-0.4, -0.2) is 20.9 Å². The van der Waals surface area contributed by atoms with Gasteiger partial charge in [0.25, 0.3) is 10.0 Å². The summed E-state index contributed by atoms with van der Waals surface area (Å²) in [6, 6.07) is 18.4. The van der Waals surface area contributed by atoms with E-state index in [1.165, 1.54) is 30.3 Å². The summed E-state index contributed by atoms with van der Waals surface area (Å²) in [5.41, 5.74) is 1.68. The van der Waals surface area contributed by atoms with Crippen LogP contribution in [0.3, 0.4) is 0 Å². The van der Waals surface area contributed by atoms with Crippen LogP contribution in [0.4, 0.5) is 10.1 Å². The normalized spacial score (nSPS) is 11.2. The van der Waals surface area contributed by atoms with Gasteiger partial charge in [0.1, 0.15) is 12.4 Å². The summed E-state index contributed by atoms with van der Waals surface area (Å²) in [7, 11) is -4.01. The molecule has 0 heterocycles. The zero-order valence-corrected chi connectivity index (χ0v) is 17.8. The highest BCUT2D eigenvalue weighted by molar-refractivity contribution is 7.92. The molecule has 3 aromatic carbocycles. The monoisotopic (exact) mass is 446 g/mol. The third kappa shape index (κ3) is 5.17. The van der Waals surface area contributed by atoms with Crippen molar-refractivity contribution in [1.82, 2.24) is 5.32 Å². The Balaban J connectivity index is 1.89. The minimum Gasteiger partial charge on any atom is -0.350 e. The van der Waals surface area contributed by atoms with Crippen LogP contribution in [0.5, 0.6) is 0 Å². The fourth-order valence-corrected chi connectivity index (χ4v) is 4.52. The standard InChI is InChI=1S/C22H20ClFN2O3S/c1-16-7-10-18(23)13-21(16)26(30(28,29)20-5-3-2-4-6-20)15-22(27)25-14-17-8-11-19(24)12-9-17/h2-13H,14-15H2,1H3,(H,25,27). The van der Waals surface area contributed by atoms with E-state index in [1.807, 2.05) is 0 Å². The number of hydrogen-bond donors (Lipinski definition) is 1. The number of nitrogens with one attached hydrogen (secondary N) is 1. The van der Waals surface area contributed by atoms with Crippen LogP contribution in [0.15, 0.2) is 77.7 Å². The van der Waals surface area contributed by atoms with Crippen molar-refractivity contribution in [2.75, 3.05) is 10.8 Å². The highest BCUT2D eigenvalue weighted by Gasteiger charge is 2.28. The first kappa shape index (κ1) is 21.8. The molecule has 3 rings (SSSR count). The first-order chi connectivity index (χ1) is 14.3. The molecule has 0 aliphatic rings. The number of amides is 1. The van der Waals surface area contributed by atoms with E-state index in [0.29, 0.717) is 21.8 Å². The van der Waals surface area contributed by atoms with E-state index in [9.17, 15) is 17.6 Å². The number of carbonyl (C=O) groups excluding carboxylic acids is 1. The number of aryl methyl sites for hydroxylation is 1. The molecular weight excluding hydrogens is 427 g/mol. The van der Waals surface area contributed by atoms with Gasteiger partial charge in [-0.15, -0.1) is 0 Å². The van der Waals surface area contributed by atoms with Crippen LogP contribution in [0.1, 0.15) is 11.1 Å². The molecule has 8 heteroatoms. The third-order valence-electron chi connectivity index (χ3n) is 4.46. The minimum atomic E-state index is -4.01. The first-order valence-corrected chi connectivity index (χ1v) is 10.9. The topological polar surface area (TPSA) is 66.5 Å². The molecule has 1 amide bonds. The predicted molar refractivity (Wildman–Crippen MR) is 115 cm³/mol. The van der Waals surface area contributed by atoms with Gasteiger partial charge >= 0.3 is 0 Å². The number of halogens is 2. The van der Waals surface area contributed by atoms with Crippen molar-refractivity contribution in [3.63, 3.8) is 0 Å². The molecule has 0 spiro atoms. The average Bonchev–Trinajstić information content (AvgIpc) is 2.74. The van der Waals surface area contributed by atoms with E-state index in [1.54, 1.807) is 49.4 Å². The second kappa shape index (κ2) is 9.28. The summed E-state index contributed by atoms with van der Waals surface area (Å²) in [6.07, 6.45) is 0. The van der Waals surface area contributed by atoms with E-state index < -0.39 is 22.5 Å². The quantitative estimate of drug-likeness (QED) is 0.588. The van der Waals surface area contributed by atoms with Gasteiger partial charge in [0, 0.05) is 11.6 Å². The smallest absolute Gasteiger partial charge is 0.264 e. The van der Waals surface area contributed by atoms with Crippen molar-refractivity contribution in [2.45, 2.75) is 18.4 Å². The van der Waals surface area contributed by atoms with Crippen molar-refractivity contribution >= 4 is 33.2 Å². The molecule has 156 valence electrons. The second-order valence-corrected chi connectivity index (χ2v) is 8.96. The summed E-state index contributed by atoms with van der Waals surface area (Å²) in [5, 5.41) is 3.03. The van der Waals surface area contributed by atoms with Crippen molar-refractivity contribution in [3.8, 4) is 0 Å². The van der Waals surface area contributed by atoms with Crippen molar-refractivity contribution in [3.05, 3.63) is 94.8 Å². The number of anilines is 1. The molecule has 0 aliphatic carbocycles. The summed E-state index contributed by atoms with van der Waals surface area (Å²) >= 11 is 6.09. The Hall–Kier alpha value is -2.90.